The number of nitrogens with one attached hydrogen (secondary N) is 2. The Balaban J connectivity index is 2.17. The number of likely N-dealkylation sites (N-methyl/N-ethyl adjacent to an activating group) is 1. The first-order valence-corrected chi connectivity index (χ1v) is 8.74. The lowest BCUT2D eigenvalue weighted by molar-refractivity contribution is 0.603. The first-order chi connectivity index (χ1) is 9.92. The highest BCUT2D eigenvalue weighted by Gasteiger charge is 2.17. The summed E-state index contributed by atoms with van der Waals surface area (Å²) in [6, 6.07) is 7.64. The van der Waals surface area contributed by atoms with Crippen molar-refractivity contribution in [1.29, 1.82) is 0 Å². The fourth-order valence-corrected chi connectivity index (χ4v) is 4.15. The number of thiophene rings is 1. The highest BCUT2D eigenvalue weighted by atomic mass is 32.2. The number of rotatable bonds is 6. The van der Waals surface area contributed by atoms with Crippen molar-refractivity contribution < 1.29 is 12.8 Å². The van der Waals surface area contributed by atoms with Crippen LogP contribution < -0.4 is 10.0 Å². The Morgan fingerprint density at radius 2 is 2.00 bits per heavy atom. The Hall–Kier alpha value is -1.44. The summed E-state index contributed by atoms with van der Waals surface area (Å²) in [6.07, 6.45) is 0.774. The molecule has 0 saturated carbocycles. The standard InChI is InChI=1S/C14H17FN2O2S2/c1-10-3-4-11(9-13(10)15)17-21(18,19)14-6-5-12(20-14)7-8-16-2/h3-6,9,16-17H,7-8H2,1-2H3. The fourth-order valence-electron chi connectivity index (χ4n) is 1.75. The van der Waals surface area contributed by atoms with E-state index in [1.54, 1.807) is 31.2 Å². The van der Waals surface area contributed by atoms with Crippen LogP contribution in [0.25, 0.3) is 0 Å². The van der Waals surface area contributed by atoms with Crippen LogP contribution in [0.3, 0.4) is 0 Å². The minimum Gasteiger partial charge on any atom is -0.319 e. The summed E-state index contributed by atoms with van der Waals surface area (Å²) in [5.41, 5.74) is 0.701. The smallest absolute Gasteiger partial charge is 0.271 e. The average molecular weight is 328 g/mol. The Morgan fingerprint density at radius 3 is 2.67 bits per heavy atom. The molecule has 0 aliphatic heterocycles. The van der Waals surface area contributed by atoms with E-state index >= 15 is 0 Å². The maximum absolute atomic E-state index is 13.5. The van der Waals surface area contributed by atoms with Gasteiger partial charge >= 0.3 is 0 Å². The molecule has 7 heteroatoms. The van der Waals surface area contributed by atoms with Crippen molar-refractivity contribution in [1.82, 2.24) is 5.32 Å². The van der Waals surface area contributed by atoms with Crippen LogP contribution in [0.4, 0.5) is 10.1 Å². The first-order valence-electron chi connectivity index (χ1n) is 6.44. The Bertz CT molecular complexity index is 726. The zero-order chi connectivity index (χ0) is 15.5. The largest absolute Gasteiger partial charge is 0.319 e. The van der Waals surface area contributed by atoms with Gasteiger partial charge in [0, 0.05) is 4.88 Å². The van der Waals surface area contributed by atoms with Gasteiger partial charge in [0.25, 0.3) is 10.0 Å². The summed E-state index contributed by atoms with van der Waals surface area (Å²) in [5, 5.41) is 3.02. The van der Waals surface area contributed by atoms with E-state index in [0.29, 0.717) is 5.56 Å². The molecule has 0 aliphatic carbocycles. The highest BCUT2D eigenvalue weighted by molar-refractivity contribution is 7.94. The van der Waals surface area contributed by atoms with E-state index in [1.807, 2.05) is 7.05 Å². The molecule has 4 nitrogen and oxygen atoms in total. The van der Waals surface area contributed by atoms with E-state index in [4.69, 9.17) is 0 Å². The summed E-state index contributed by atoms with van der Waals surface area (Å²) in [5.74, 6) is -0.434. The molecule has 0 aliphatic rings. The minimum absolute atomic E-state index is 0.225. The van der Waals surface area contributed by atoms with Gasteiger partial charge in [-0.3, -0.25) is 4.72 Å². The molecule has 2 rings (SSSR count). The van der Waals surface area contributed by atoms with Crippen molar-refractivity contribution in [3.63, 3.8) is 0 Å². The Morgan fingerprint density at radius 1 is 1.24 bits per heavy atom. The molecule has 0 atom stereocenters. The number of anilines is 1. The number of hydrogen-bond donors (Lipinski definition) is 2. The summed E-state index contributed by atoms with van der Waals surface area (Å²) in [6.45, 7) is 2.41. The second kappa shape index (κ2) is 6.55. The molecule has 0 saturated heterocycles. The molecule has 0 unspecified atom stereocenters. The van der Waals surface area contributed by atoms with E-state index < -0.39 is 15.8 Å². The van der Waals surface area contributed by atoms with E-state index in [-0.39, 0.29) is 9.90 Å². The molecular formula is C14H17FN2O2S2. The lowest BCUT2D eigenvalue weighted by Crippen LogP contribution is -2.11. The van der Waals surface area contributed by atoms with Crippen molar-refractivity contribution in [2.24, 2.45) is 0 Å². The molecule has 0 fully saturated rings. The zero-order valence-electron chi connectivity index (χ0n) is 11.8. The maximum atomic E-state index is 13.5. The van der Waals surface area contributed by atoms with Gasteiger partial charge in [-0.1, -0.05) is 6.07 Å². The van der Waals surface area contributed by atoms with Crippen molar-refractivity contribution in [2.75, 3.05) is 18.3 Å². The minimum atomic E-state index is -3.67. The lowest BCUT2D eigenvalue weighted by Gasteiger charge is -2.07. The monoisotopic (exact) mass is 328 g/mol. The maximum Gasteiger partial charge on any atom is 0.271 e. The van der Waals surface area contributed by atoms with Crippen molar-refractivity contribution in [2.45, 2.75) is 17.6 Å². The van der Waals surface area contributed by atoms with E-state index in [2.05, 4.69) is 10.0 Å². The van der Waals surface area contributed by atoms with Gasteiger partial charge < -0.3 is 5.32 Å². The molecule has 1 aromatic heterocycles. The van der Waals surface area contributed by atoms with E-state index in [9.17, 15) is 12.8 Å². The molecule has 2 N–H and O–H groups in total. The third-order valence-corrected chi connectivity index (χ3v) is 5.97. The average Bonchev–Trinajstić information content (AvgIpc) is 2.90. The van der Waals surface area contributed by atoms with Gasteiger partial charge in [-0.15, -0.1) is 11.3 Å². The predicted molar refractivity (Wildman–Crippen MR) is 83.9 cm³/mol. The van der Waals surface area contributed by atoms with Crippen LogP contribution in [0.1, 0.15) is 10.4 Å². The zero-order valence-corrected chi connectivity index (χ0v) is 13.4. The van der Waals surface area contributed by atoms with Gasteiger partial charge in [-0.05, 0) is 56.8 Å². The predicted octanol–water partition coefficient (Wildman–Crippen LogP) is 2.76. The van der Waals surface area contributed by atoms with Gasteiger partial charge in [0.2, 0.25) is 0 Å². The van der Waals surface area contributed by atoms with Gasteiger partial charge in [0.1, 0.15) is 10.0 Å². The second-order valence-electron chi connectivity index (χ2n) is 4.64. The number of halogens is 1. The van der Waals surface area contributed by atoms with Crippen LogP contribution in [-0.2, 0) is 16.4 Å². The fraction of sp³-hybridized carbons (Fsp3) is 0.286. The van der Waals surface area contributed by atoms with E-state index in [1.165, 1.54) is 17.4 Å². The molecule has 0 amide bonds. The van der Waals surface area contributed by atoms with Crippen molar-refractivity contribution in [3.8, 4) is 0 Å². The summed E-state index contributed by atoms with van der Waals surface area (Å²) in [4.78, 5) is 0.986. The number of hydrogen-bond acceptors (Lipinski definition) is 4. The van der Waals surface area contributed by atoms with Crippen LogP contribution in [0.5, 0.6) is 0 Å². The molecule has 21 heavy (non-hydrogen) atoms. The third kappa shape index (κ3) is 4.03. The second-order valence-corrected chi connectivity index (χ2v) is 7.72. The molecule has 0 bridgehead atoms. The number of aryl methyl sites for hydroxylation is 1. The highest BCUT2D eigenvalue weighted by Crippen LogP contribution is 2.25. The molecule has 0 spiro atoms. The molecule has 114 valence electrons. The van der Waals surface area contributed by atoms with Crippen LogP contribution in [0.2, 0.25) is 0 Å². The molecule has 1 heterocycles. The SMILES string of the molecule is CNCCc1ccc(S(=O)(=O)Nc2ccc(C)c(F)c2)s1. The van der Waals surface area contributed by atoms with Crippen LogP contribution >= 0.6 is 11.3 Å². The van der Waals surface area contributed by atoms with Gasteiger partial charge in [0.15, 0.2) is 0 Å². The first kappa shape index (κ1) is 15.9. The lowest BCUT2D eigenvalue weighted by atomic mass is 10.2. The summed E-state index contributed by atoms with van der Waals surface area (Å²) < 4.78 is 40.6. The number of benzene rings is 1. The third-order valence-electron chi connectivity index (χ3n) is 2.95. The molecular weight excluding hydrogens is 311 g/mol. The molecule has 2 aromatic rings. The quantitative estimate of drug-likeness (QED) is 0.857. The molecule has 1 aromatic carbocycles. The van der Waals surface area contributed by atoms with Crippen LogP contribution in [-0.4, -0.2) is 22.0 Å². The topological polar surface area (TPSA) is 58.2 Å². The van der Waals surface area contributed by atoms with Gasteiger partial charge in [-0.2, -0.15) is 0 Å². The van der Waals surface area contributed by atoms with Crippen LogP contribution in [0, 0.1) is 12.7 Å². The summed E-state index contributed by atoms with van der Waals surface area (Å²) in [7, 11) is -1.82. The van der Waals surface area contributed by atoms with Crippen LogP contribution in [0.15, 0.2) is 34.5 Å². The van der Waals surface area contributed by atoms with E-state index in [0.717, 1.165) is 17.8 Å². The van der Waals surface area contributed by atoms with Gasteiger partial charge in [-0.25, -0.2) is 12.8 Å². The summed E-state index contributed by atoms with van der Waals surface area (Å²) >= 11 is 1.22. The Kier molecular flexibility index (Phi) is 4.97. The Labute approximate surface area is 128 Å². The van der Waals surface area contributed by atoms with Gasteiger partial charge in [0.05, 0.1) is 5.69 Å². The number of sulfonamides is 1. The normalized spacial score (nSPS) is 11.6. The van der Waals surface area contributed by atoms with Crippen molar-refractivity contribution >= 4 is 27.0 Å². The van der Waals surface area contributed by atoms with Crippen molar-refractivity contribution in [3.05, 3.63) is 46.6 Å². The molecule has 0 radical (unpaired) electrons.